The molecule has 2 aliphatic rings. The zero-order valence-electron chi connectivity index (χ0n) is 9.92. The van der Waals surface area contributed by atoms with Gasteiger partial charge in [0.2, 0.25) is 0 Å². The van der Waals surface area contributed by atoms with E-state index in [1.807, 2.05) is 12.1 Å². The van der Waals surface area contributed by atoms with Crippen LogP contribution >= 0.6 is 11.6 Å². The third-order valence-corrected chi connectivity index (χ3v) is 4.11. The van der Waals surface area contributed by atoms with E-state index in [2.05, 4.69) is 17.4 Å². The monoisotopic (exact) mass is 251 g/mol. The maximum absolute atomic E-state index is 6.30. The highest BCUT2D eigenvalue weighted by Crippen LogP contribution is 2.48. The summed E-state index contributed by atoms with van der Waals surface area (Å²) >= 11 is 6.30. The summed E-state index contributed by atoms with van der Waals surface area (Å²) in [5.74, 6) is 0. The predicted octanol–water partition coefficient (Wildman–Crippen LogP) is 3.10. The molecular formula is C14H18ClNO. The molecule has 17 heavy (non-hydrogen) atoms. The second-order valence-corrected chi connectivity index (χ2v) is 5.53. The van der Waals surface area contributed by atoms with Crippen molar-refractivity contribution in [3.63, 3.8) is 0 Å². The largest absolute Gasteiger partial charge is 0.380 e. The Bertz CT molecular complexity index is 397. The molecule has 0 aromatic heterocycles. The Labute approximate surface area is 107 Å². The minimum Gasteiger partial charge on any atom is -0.380 e. The normalized spacial score (nSPS) is 26.8. The van der Waals surface area contributed by atoms with Gasteiger partial charge in [-0.05, 0) is 37.3 Å². The molecule has 1 N–H and O–H groups in total. The molecule has 1 aliphatic carbocycles. The molecule has 2 fully saturated rings. The van der Waals surface area contributed by atoms with Crippen LogP contribution in [0.3, 0.4) is 0 Å². The third kappa shape index (κ3) is 2.35. The zero-order chi connectivity index (χ0) is 11.7. The Morgan fingerprint density at radius 1 is 1.29 bits per heavy atom. The molecule has 0 spiro atoms. The molecule has 0 unspecified atom stereocenters. The SMILES string of the molecule is Clc1ccccc1C1(N[C@H]2CCCOC2)CC1. The summed E-state index contributed by atoms with van der Waals surface area (Å²) in [7, 11) is 0. The zero-order valence-corrected chi connectivity index (χ0v) is 10.7. The topological polar surface area (TPSA) is 21.3 Å². The predicted molar refractivity (Wildman–Crippen MR) is 69.3 cm³/mol. The van der Waals surface area contributed by atoms with E-state index in [9.17, 15) is 0 Å². The maximum atomic E-state index is 6.30. The summed E-state index contributed by atoms with van der Waals surface area (Å²) in [6.45, 7) is 1.75. The summed E-state index contributed by atoms with van der Waals surface area (Å²) in [4.78, 5) is 0. The number of ether oxygens (including phenoxy) is 1. The fraction of sp³-hybridized carbons (Fsp3) is 0.571. The number of halogens is 1. The Hall–Kier alpha value is -0.570. The number of nitrogens with one attached hydrogen (secondary N) is 1. The van der Waals surface area contributed by atoms with Crippen LogP contribution in [-0.4, -0.2) is 19.3 Å². The van der Waals surface area contributed by atoms with E-state index in [1.54, 1.807) is 0 Å². The second-order valence-electron chi connectivity index (χ2n) is 5.12. The van der Waals surface area contributed by atoms with Crippen molar-refractivity contribution >= 4 is 11.6 Å². The van der Waals surface area contributed by atoms with Crippen LogP contribution in [0.5, 0.6) is 0 Å². The van der Waals surface area contributed by atoms with Gasteiger partial charge in [-0.1, -0.05) is 29.8 Å². The minimum atomic E-state index is 0.129. The van der Waals surface area contributed by atoms with Crippen LogP contribution < -0.4 is 5.32 Å². The summed E-state index contributed by atoms with van der Waals surface area (Å²) in [5.41, 5.74) is 1.39. The smallest absolute Gasteiger partial charge is 0.0619 e. The number of benzene rings is 1. The lowest BCUT2D eigenvalue weighted by molar-refractivity contribution is 0.0647. The van der Waals surface area contributed by atoms with E-state index in [0.717, 1.165) is 24.7 Å². The lowest BCUT2D eigenvalue weighted by Gasteiger charge is -2.29. The van der Waals surface area contributed by atoms with Gasteiger partial charge in [-0.25, -0.2) is 0 Å². The van der Waals surface area contributed by atoms with Gasteiger partial charge >= 0.3 is 0 Å². The van der Waals surface area contributed by atoms with Crippen LogP contribution in [-0.2, 0) is 10.3 Å². The number of hydrogen-bond acceptors (Lipinski definition) is 2. The molecule has 1 saturated carbocycles. The second kappa shape index (κ2) is 4.60. The van der Waals surface area contributed by atoms with Crippen molar-refractivity contribution in [1.29, 1.82) is 0 Å². The van der Waals surface area contributed by atoms with Crippen LogP contribution in [0, 0.1) is 0 Å². The molecule has 1 atom stereocenters. The van der Waals surface area contributed by atoms with E-state index in [0.29, 0.717) is 6.04 Å². The number of hydrogen-bond donors (Lipinski definition) is 1. The first-order valence-electron chi connectivity index (χ1n) is 6.41. The molecule has 2 nitrogen and oxygen atoms in total. The van der Waals surface area contributed by atoms with Crippen LogP contribution in [0.1, 0.15) is 31.2 Å². The van der Waals surface area contributed by atoms with Gasteiger partial charge in [0.1, 0.15) is 0 Å². The molecule has 0 amide bonds. The highest BCUT2D eigenvalue weighted by molar-refractivity contribution is 6.31. The Morgan fingerprint density at radius 3 is 2.76 bits per heavy atom. The standard InChI is InChI=1S/C14H18ClNO/c15-13-6-2-1-5-12(13)14(7-8-14)16-11-4-3-9-17-10-11/h1-2,5-6,11,16H,3-4,7-10H2/t11-/m0/s1. The van der Waals surface area contributed by atoms with Crippen LogP contribution in [0.4, 0.5) is 0 Å². The summed E-state index contributed by atoms with van der Waals surface area (Å²) in [6.07, 6.45) is 4.75. The molecule has 1 aromatic rings. The Balaban J connectivity index is 1.75. The Morgan fingerprint density at radius 2 is 2.12 bits per heavy atom. The van der Waals surface area contributed by atoms with Crippen molar-refractivity contribution in [3.05, 3.63) is 34.9 Å². The average Bonchev–Trinajstić information content (AvgIpc) is 3.12. The molecule has 1 saturated heterocycles. The molecule has 0 bridgehead atoms. The van der Waals surface area contributed by atoms with Gasteiger partial charge in [0.25, 0.3) is 0 Å². The lowest BCUT2D eigenvalue weighted by Crippen LogP contribution is -2.43. The Kier molecular flexibility index (Phi) is 3.12. The summed E-state index contributed by atoms with van der Waals surface area (Å²) in [6, 6.07) is 8.68. The molecular weight excluding hydrogens is 234 g/mol. The van der Waals surface area contributed by atoms with Gasteiger partial charge in [0, 0.05) is 23.2 Å². The number of rotatable bonds is 3. The molecule has 92 valence electrons. The highest BCUT2D eigenvalue weighted by Gasteiger charge is 2.46. The first-order valence-corrected chi connectivity index (χ1v) is 6.78. The first kappa shape index (κ1) is 11.5. The van der Waals surface area contributed by atoms with Gasteiger partial charge < -0.3 is 10.1 Å². The molecule has 1 aliphatic heterocycles. The van der Waals surface area contributed by atoms with Gasteiger partial charge in [-0.3, -0.25) is 0 Å². The van der Waals surface area contributed by atoms with Crippen LogP contribution in [0.2, 0.25) is 5.02 Å². The van der Waals surface area contributed by atoms with Crippen molar-refractivity contribution in [2.75, 3.05) is 13.2 Å². The van der Waals surface area contributed by atoms with Crippen molar-refractivity contribution in [3.8, 4) is 0 Å². The molecule has 3 rings (SSSR count). The van der Waals surface area contributed by atoms with Crippen LogP contribution in [0.25, 0.3) is 0 Å². The van der Waals surface area contributed by atoms with Crippen molar-refractivity contribution < 1.29 is 4.74 Å². The van der Waals surface area contributed by atoms with Gasteiger partial charge in [0.15, 0.2) is 0 Å². The van der Waals surface area contributed by atoms with E-state index in [-0.39, 0.29) is 5.54 Å². The highest BCUT2D eigenvalue weighted by atomic mass is 35.5. The van der Waals surface area contributed by atoms with Crippen LogP contribution in [0.15, 0.2) is 24.3 Å². The van der Waals surface area contributed by atoms with Gasteiger partial charge in [-0.2, -0.15) is 0 Å². The fourth-order valence-electron chi connectivity index (χ4n) is 2.71. The fourth-order valence-corrected chi connectivity index (χ4v) is 3.03. The molecule has 1 heterocycles. The van der Waals surface area contributed by atoms with E-state index in [1.165, 1.54) is 24.8 Å². The minimum absolute atomic E-state index is 0.129. The van der Waals surface area contributed by atoms with E-state index >= 15 is 0 Å². The van der Waals surface area contributed by atoms with Gasteiger partial charge in [-0.15, -0.1) is 0 Å². The van der Waals surface area contributed by atoms with E-state index < -0.39 is 0 Å². The van der Waals surface area contributed by atoms with Crippen molar-refractivity contribution in [2.45, 2.75) is 37.3 Å². The van der Waals surface area contributed by atoms with E-state index in [4.69, 9.17) is 16.3 Å². The third-order valence-electron chi connectivity index (χ3n) is 3.78. The summed E-state index contributed by atoms with van der Waals surface area (Å²) < 4.78 is 5.53. The molecule has 0 radical (unpaired) electrons. The first-order chi connectivity index (χ1) is 8.30. The molecule has 3 heteroatoms. The average molecular weight is 252 g/mol. The van der Waals surface area contributed by atoms with Crippen molar-refractivity contribution in [2.24, 2.45) is 0 Å². The molecule has 1 aromatic carbocycles. The quantitative estimate of drug-likeness (QED) is 0.892. The summed E-state index contributed by atoms with van der Waals surface area (Å²) in [5, 5.41) is 4.64. The lowest BCUT2D eigenvalue weighted by atomic mass is 10.0. The van der Waals surface area contributed by atoms with Crippen molar-refractivity contribution in [1.82, 2.24) is 5.32 Å². The van der Waals surface area contributed by atoms with Gasteiger partial charge in [0.05, 0.1) is 6.61 Å². The maximum Gasteiger partial charge on any atom is 0.0619 e.